The van der Waals surface area contributed by atoms with E-state index in [0.717, 1.165) is 0 Å². The SMILES string of the molecule is CC[C@@]1(C2CCN(C(=O)c3ccc(=O)[nH]n3)CC2)NC(=O)NC1=O. The fourth-order valence-electron chi connectivity index (χ4n) is 3.53. The average molecular weight is 333 g/mol. The lowest BCUT2D eigenvalue weighted by molar-refractivity contribution is -0.126. The van der Waals surface area contributed by atoms with Gasteiger partial charge in [0.1, 0.15) is 11.2 Å². The molecule has 9 nitrogen and oxygen atoms in total. The van der Waals surface area contributed by atoms with E-state index in [9.17, 15) is 19.2 Å². The molecule has 3 heterocycles. The van der Waals surface area contributed by atoms with Gasteiger partial charge in [-0.2, -0.15) is 5.10 Å². The first-order valence-corrected chi connectivity index (χ1v) is 7.95. The molecular weight excluding hydrogens is 314 g/mol. The maximum absolute atomic E-state index is 12.4. The number of imide groups is 1. The van der Waals surface area contributed by atoms with Gasteiger partial charge in [0.25, 0.3) is 17.4 Å². The molecule has 3 N–H and O–H groups in total. The van der Waals surface area contributed by atoms with E-state index >= 15 is 0 Å². The molecule has 1 aromatic heterocycles. The summed E-state index contributed by atoms with van der Waals surface area (Å²) in [5.74, 6) is -0.571. The smallest absolute Gasteiger partial charge is 0.322 e. The first kappa shape index (κ1) is 16.2. The van der Waals surface area contributed by atoms with Crippen LogP contribution in [0.15, 0.2) is 16.9 Å². The number of hydrogen-bond acceptors (Lipinski definition) is 5. The summed E-state index contributed by atoms with van der Waals surface area (Å²) in [6, 6.07) is 2.20. The van der Waals surface area contributed by atoms with Gasteiger partial charge in [0.2, 0.25) is 0 Å². The lowest BCUT2D eigenvalue weighted by Crippen LogP contribution is -2.56. The van der Waals surface area contributed by atoms with E-state index in [1.54, 1.807) is 4.90 Å². The Hall–Kier alpha value is -2.71. The van der Waals surface area contributed by atoms with Gasteiger partial charge in [-0.3, -0.25) is 19.7 Å². The summed E-state index contributed by atoms with van der Waals surface area (Å²) >= 11 is 0. The van der Waals surface area contributed by atoms with Gasteiger partial charge >= 0.3 is 6.03 Å². The maximum Gasteiger partial charge on any atom is 0.322 e. The second-order valence-electron chi connectivity index (χ2n) is 6.11. The highest BCUT2D eigenvalue weighted by Crippen LogP contribution is 2.33. The highest BCUT2D eigenvalue weighted by atomic mass is 16.2. The van der Waals surface area contributed by atoms with E-state index in [1.807, 2.05) is 6.92 Å². The van der Waals surface area contributed by atoms with Crippen molar-refractivity contribution in [3.8, 4) is 0 Å². The number of urea groups is 1. The topological polar surface area (TPSA) is 124 Å². The minimum absolute atomic E-state index is 0.0264. The number of amides is 4. The summed E-state index contributed by atoms with van der Waals surface area (Å²) in [4.78, 5) is 48.8. The normalized spacial score (nSPS) is 24.6. The predicted molar refractivity (Wildman–Crippen MR) is 83.2 cm³/mol. The van der Waals surface area contributed by atoms with Crippen molar-refractivity contribution >= 4 is 17.8 Å². The van der Waals surface area contributed by atoms with Gasteiger partial charge in [-0.15, -0.1) is 0 Å². The molecule has 0 unspecified atom stereocenters. The number of aromatic nitrogens is 2. The predicted octanol–water partition coefficient (Wildman–Crippen LogP) is -0.390. The molecule has 4 amide bonds. The van der Waals surface area contributed by atoms with E-state index in [-0.39, 0.29) is 29.0 Å². The molecule has 9 heteroatoms. The minimum Gasteiger partial charge on any atom is -0.337 e. The Balaban J connectivity index is 1.68. The number of likely N-dealkylation sites (tertiary alicyclic amines) is 1. The van der Waals surface area contributed by atoms with Crippen LogP contribution in [-0.2, 0) is 4.79 Å². The minimum atomic E-state index is -0.886. The third-order valence-electron chi connectivity index (χ3n) is 4.90. The van der Waals surface area contributed by atoms with Crippen molar-refractivity contribution in [1.82, 2.24) is 25.7 Å². The Bertz CT molecular complexity index is 717. The van der Waals surface area contributed by atoms with Crippen molar-refractivity contribution in [3.63, 3.8) is 0 Å². The van der Waals surface area contributed by atoms with Crippen LogP contribution in [0.1, 0.15) is 36.7 Å². The molecule has 2 aliphatic heterocycles. The molecule has 2 saturated heterocycles. The zero-order valence-electron chi connectivity index (χ0n) is 13.3. The van der Waals surface area contributed by atoms with Crippen molar-refractivity contribution in [1.29, 1.82) is 0 Å². The number of piperidine rings is 1. The fraction of sp³-hybridized carbons (Fsp3) is 0.533. The van der Waals surface area contributed by atoms with Crippen LogP contribution >= 0.6 is 0 Å². The van der Waals surface area contributed by atoms with Gasteiger partial charge in [0.05, 0.1) is 0 Å². The Morgan fingerprint density at radius 2 is 2.00 bits per heavy atom. The summed E-state index contributed by atoms with van der Waals surface area (Å²) in [5, 5.41) is 11.1. The summed E-state index contributed by atoms with van der Waals surface area (Å²) in [7, 11) is 0. The molecule has 1 aromatic rings. The van der Waals surface area contributed by atoms with Crippen molar-refractivity contribution in [2.75, 3.05) is 13.1 Å². The zero-order chi connectivity index (χ0) is 17.3. The Labute approximate surface area is 137 Å². The molecule has 1 atom stereocenters. The first-order valence-electron chi connectivity index (χ1n) is 7.95. The van der Waals surface area contributed by atoms with E-state index in [0.29, 0.717) is 32.4 Å². The molecule has 0 saturated carbocycles. The fourth-order valence-corrected chi connectivity index (χ4v) is 3.53. The molecule has 0 aromatic carbocycles. The van der Waals surface area contributed by atoms with Crippen LogP contribution in [0.4, 0.5) is 4.79 Å². The zero-order valence-corrected chi connectivity index (χ0v) is 13.3. The Kier molecular flexibility index (Phi) is 4.08. The van der Waals surface area contributed by atoms with Gasteiger partial charge in [-0.1, -0.05) is 6.92 Å². The van der Waals surface area contributed by atoms with Gasteiger partial charge in [-0.05, 0) is 31.2 Å². The molecule has 0 aliphatic carbocycles. The number of H-pyrrole nitrogens is 1. The molecule has 3 rings (SSSR count). The molecule has 0 radical (unpaired) electrons. The van der Waals surface area contributed by atoms with Crippen molar-refractivity contribution in [2.45, 2.75) is 31.7 Å². The van der Waals surface area contributed by atoms with Crippen LogP contribution in [0.5, 0.6) is 0 Å². The number of carbonyl (C=O) groups is 3. The molecule has 0 bridgehead atoms. The average Bonchev–Trinajstić information content (AvgIpc) is 2.89. The van der Waals surface area contributed by atoms with E-state index < -0.39 is 11.6 Å². The van der Waals surface area contributed by atoms with E-state index in [4.69, 9.17) is 0 Å². The number of rotatable bonds is 3. The summed E-state index contributed by atoms with van der Waals surface area (Å²) in [6.07, 6.45) is 1.72. The maximum atomic E-state index is 12.4. The van der Waals surface area contributed by atoms with Gasteiger partial charge in [0, 0.05) is 19.2 Å². The molecular formula is C15H19N5O4. The Morgan fingerprint density at radius 3 is 2.50 bits per heavy atom. The van der Waals surface area contributed by atoms with E-state index in [1.165, 1.54) is 12.1 Å². The number of nitrogens with zero attached hydrogens (tertiary/aromatic N) is 2. The van der Waals surface area contributed by atoms with Crippen molar-refractivity contribution in [2.24, 2.45) is 5.92 Å². The molecule has 128 valence electrons. The van der Waals surface area contributed by atoms with Crippen LogP contribution in [0.25, 0.3) is 0 Å². The number of aromatic amines is 1. The van der Waals surface area contributed by atoms with Crippen molar-refractivity contribution in [3.05, 3.63) is 28.2 Å². The summed E-state index contributed by atoms with van der Waals surface area (Å²) in [5.41, 5.74) is -1.06. The van der Waals surface area contributed by atoms with Gasteiger partial charge in [0.15, 0.2) is 0 Å². The first-order chi connectivity index (χ1) is 11.5. The molecule has 2 fully saturated rings. The number of nitrogens with one attached hydrogen (secondary N) is 3. The van der Waals surface area contributed by atoms with Crippen LogP contribution < -0.4 is 16.2 Å². The second-order valence-corrected chi connectivity index (χ2v) is 6.11. The third-order valence-corrected chi connectivity index (χ3v) is 4.90. The quantitative estimate of drug-likeness (QED) is 0.650. The lowest BCUT2D eigenvalue weighted by atomic mass is 9.76. The van der Waals surface area contributed by atoms with Crippen LogP contribution in [0, 0.1) is 5.92 Å². The summed E-state index contributed by atoms with van der Waals surface area (Å²) < 4.78 is 0. The molecule has 24 heavy (non-hydrogen) atoms. The third kappa shape index (κ3) is 2.66. The van der Waals surface area contributed by atoms with E-state index in [2.05, 4.69) is 20.8 Å². The van der Waals surface area contributed by atoms with Gasteiger partial charge in [-0.25, -0.2) is 9.89 Å². The summed E-state index contributed by atoms with van der Waals surface area (Å²) in [6.45, 7) is 2.80. The van der Waals surface area contributed by atoms with Crippen LogP contribution in [0.2, 0.25) is 0 Å². The van der Waals surface area contributed by atoms with Crippen LogP contribution in [0.3, 0.4) is 0 Å². The standard InChI is InChI=1S/C15H19N5O4/c1-2-15(13(23)16-14(24)17-15)9-5-7-20(8-6-9)12(22)10-3-4-11(21)19-18-10/h3-4,9H,2,5-8H2,1H3,(H,19,21)(H2,16,17,23,24)/t15-/m0/s1. The Morgan fingerprint density at radius 1 is 1.29 bits per heavy atom. The van der Waals surface area contributed by atoms with Crippen LogP contribution in [-0.4, -0.2) is 51.6 Å². The number of hydrogen-bond donors (Lipinski definition) is 3. The monoisotopic (exact) mass is 333 g/mol. The second kappa shape index (κ2) is 6.06. The van der Waals surface area contributed by atoms with Gasteiger partial charge < -0.3 is 10.2 Å². The highest BCUT2D eigenvalue weighted by Gasteiger charge is 2.51. The number of carbonyl (C=O) groups excluding carboxylic acids is 3. The molecule has 2 aliphatic rings. The molecule has 0 spiro atoms. The largest absolute Gasteiger partial charge is 0.337 e. The highest BCUT2D eigenvalue weighted by molar-refractivity contribution is 6.07. The lowest BCUT2D eigenvalue weighted by Gasteiger charge is -2.40. The van der Waals surface area contributed by atoms with Crippen molar-refractivity contribution < 1.29 is 14.4 Å².